The number of pyridine rings is 1. The van der Waals surface area contributed by atoms with Crippen molar-refractivity contribution in [2.75, 3.05) is 18.5 Å². The second-order valence-corrected chi connectivity index (χ2v) is 6.69. The Hall–Kier alpha value is -3.19. The van der Waals surface area contributed by atoms with E-state index in [9.17, 15) is 4.79 Å². The molecule has 0 bridgehead atoms. The van der Waals surface area contributed by atoms with E-state index in [1.165, 1.54) is 17.4 Å². The lowest BCUT2D eigenvalue weighted by molar-refractivity contribution is -0.111. The number of thiazole rings is 1. The van der Waals surface area contributed by atoms with Gasteiger partial charge in [-0.05, 0) is 35.9 Å². The summed E-state index contributed by atoms with van der Waals surface area (Å²) in [4.78, 5) is 20.8. The van der Waals surface area contributed by atoms with Gasteiger partial charge in [0.15, 0.2) is 16.6 Å². The summed E-state index contributed by atoms with van der Waals surface area (Å²) in [7, 11) is 0. The van der Waals surface area contributed by atoms with Gasteiger partial charge < -0.3 is 9.47 Å². The van der Waals surface area contributed by atoms with Gasteiger partial charge in [0.2, 0.25) is 5.91 Å². The Balaban J connectivity index is 1.41. The summed E-state index contributed by atoms with van der Waals surface area (Å²) in [5.74, 6) is 1.19. The monoisotopic (exact) mass is 379 g/mol. The van der Waals surface area contributed by atoms with E-state index < -0.39 is 0 Å². The van der Waals surface area contributed by atoms with Gasteiger partial charge in [0.1, 0.15) is 5.69 Å². The van der Waals surface area contributed by atoms with Gasteiger partial charge in [-0.15, -0.1) is 11.3 Å². The number of nitrogens with zero attached hydrogens (tertiary/aromatic N) is 2. The fraction of sp³-hybridized carbons (Fsp3) is 0.150. The average Bonchev–Trinajstić information content (AvgIpc) is 3.03. The summed E-state index contributed by atoms with van der Waals surface area (Å²) in [5.41, 5.74) is 2.38. The summed E-state index contributed by atoms with van der Waals surface area (Å²) in [6, 6.07) is 11.2. The summed E-state index contributed by atoms with van der Waals surface area (Å²) in [6.07, 6.45) is 5.78. The molecule has 0 aliphatic carbocycles. The van der Waals surface area contributed by atoms with Crippen molar-refractivity contribution in [3.63, 3.8) is 0 Å². The molecule has 0 atom stereocenters. The number of fused-ring (bicyclic) bond motifs is 1. The van der Waals surface area contributed by atoms with Crippen molar-refractivity contribution in [2.24, 2.45) is 0 Å². The van der Waals surface area contributed by atoms with E-state index in [1.807, 2.05) is 41.8 Å². The Morgan fingerprint density at radius 2 is 2.00 bits per heavy atom. The molecule has 1 N–H and O–H groups in total. The van der Waals surface area contributed by atoms with Gasteiger partial charge in [-0.1, -0.05) is 12.1 Å². The van der Waals surface area contributed by atoms with E-state index in [1.54, 1.807) is 12.3 Å². The standard InChI is InChI=1S/C20H17N3O3S/c24-19(23-20-22-16(13-27-20)15-4-1-2-9-21-15)8-6-14-5-7-17-18(12-14)26-11-3-10-25-17/h1-2,4-9,12-13H,3,10-11H2,(H,22,23,24)/b8-6+. The molecule has 1 aliphatic rings. The summed E-state index contributed by atoms with van der Waals surface area (Å²) < 4.78 is 11.3. The fourth-order valence-electron chi connectivity index (χ4n) is 2.57. The second-order valence-electron chi connectivity index (χ2n) is 5.83. The minimum absolute atomic E-state index is 0.246. The quantitative estimate of drug-likeness (QED) is 0.693. The van der Waals surface area contributed by atoms with Crippen LogP contribution in [-0.2, 0) is 4.79 Å². The lowest BCUT2D eigenvalue weighted by atomic mass is 10.2. The number of hydrogen-bond donors (Lipinski definition) is 1. The van der Waals surface area contributed by atoms with Crippen LogP contribution in [0.25, 0.3) is 17.5 Å². The first-order chi connectivity index (χ1) is 13.3. The lowest BCUT2D eigenvalue weighted by Gasteiger charge is -2.07. The van der Waals surface area contributed by atoms with E-state index >= 15 is 0 Å². The molecule has 136 valence electrons. The maximum absolute atomic E-state index is 12.2. The van der Waals surface area contributed by atoms with Crippen LogP contribution in [0, 0.1) is 0 Å². The molecule has 1 aliphatic heterocycles. The molecule has 1 aromatic carbocycles. The second kappa shape index (κ2) is 8.01. The van der Waals surface area contributed by atoms with Crippen molar-refractivity contribution in [2.45, 2.75) is 6.42 Å². The number of anilines is 1. The van der Waals surface area contributed by atoms with Crippen molar-refractivity contribution in [1.82, 2.24) is 9.97 Å². The molecule has 4 rings (SSSR count). The molecule has 27 heavy (non-hydrogen) atoms. The Kier molecular flexibility index (Phi) is 5.11. The van der Waals surface area contributed by atoms with Crippen LogP contribution in [0.15, 0.2) is 54.1 Å². The smallest absolute Gasteiger partial charge is 0.250 e. The van der Waals surface area contributed by atoms with E-state index in [0.717, 1.165) is 29.1 Å². The van der Waals surface area contributed by atoms with Gasteiger partial charge in [-0.3, -0.25) is 15.1 Å². The van der Waals surface area contributed by atoms with Gasteiger partial charge in [0, 0.05) is 24.1 Å². The van der Waals surface area contributed by atoms with Crippen molar-refractivity contribution in [3.8, 4) is 22.9 Å². The largest absolute Gasteiger partial charge is 0.490 e. The first-order valence-electron chi connectivity index (χ1n) is 8.53. The normalized spacial score (nSPS) is 13.3. The maximum Gasteiger partial charge on any atom is 0.250 e. The number of amides is 1. The molecular formula is C20H17N3O3S. The zero-order valence-corrected chi connectivity index (χ0v) is 15.2. The highest BCUT2D eigenvalue weighted by molar-refractivity contribution is 7.14. The van der Waals surface area contributed by atoms with Gasteiger partial charge in [-0.25, -0.2) is 4.98 Å². The third-order valence-corrected chi connectivity index (χ3v) is 4.62. The summed E-state index contributed by atoms with van der Waals surface area (Å²) in [5, 5.41) is 5.17. The van der Waals surface area contributed by atoms with Gasteiger partial charge in [-0.2, -0.15) is 0 Å². The molecule has 0 saturated carbocycles. The molecule has 0 radical (unpaired) electrons. The Morgan fingerprint density at radius 1 is 1.11 bits per heavy atom. The predicted molar refractivity (Wildman–Crippen MR) is 105 cm³/mol. The highest BCUT2D eigenvalue weighted by Crippen LogP contribution is 2.30. The molecule has 0 fully saturated rings. The van der Waals surface area contributed by atoms with Crippen molar-refractivity contribution < 1.29 is 14.3 Å². The number of aromatic nitrogens is 2. The van der Waals surface area contributed by atoms with Crippen LogP contribution in [0.2, 0.25) is 0 Å². The number of ether oxygens (including phenoxy) is 2. The topological polar surface area (TPSA) is 73.3 Å². The molecule has 6 nitrogen and oxygen atoms in total. The van der Waals surface area contributed by atoms with Crippen LogP contribution in [0.3, 0.4) is 0 Å². The number of benzene rings is 1. The molecule has 0 spiro atoms. The van der Waals surface area contributed by atoms with Gasteiger partial charge >= 0.3 is 0 Å². The third kappa shape index (κ3) is 4.32. The van der Waals surface area contributed by atoms with E-state index in [0.29, 0.717) is 24.1 Å². The number of nitrogens with one attached hydrogen (secondary N) is 1. The summed E-state index contributed by atoms with van der Waals surface area (Å²) >= 11 is 1.36. The molecule has 0 unspecified atom stereocenters. The zero-order chi connectivity index (χ0) is 18.5. The minimum atomic E-state index is -0.246. The Morgan fingerprint density at radius 3 is 2.85 bits per heavy atom. The minimum Gasteiger partial charge on any atom is -0.490 e. The molecule has 0 saturated heterocycles. The van der Waals surface area contributed by atoms with Crippen molar-refractivity contribution >= 4 is 28.5 Å². The number of carbonyl (C=O) groups excluding carboxylic acids is 1. The highest BCUT2D eigenvalue weighted by Gasteiger charge is 2.10. The van der Waals surface area contributed by atoms with Crippen LogP contribution in [-0.4, -0.2) is 29.1 Å². The molecule has 7 heteroatoms. The van der Waals surface area contributed by atoms with Gasteiger partial charge in [0.25, 0.3) is 0 Å². The first kappa shape index (κ1) is 17.2. The molecule has 3 heterocycles. The highest BCUT2D eigenvalue weighted by atomic mass is 32.1. The SMILES string of the molecule is O=C(/C=C/c1ccc2c(c1)OCCCO2)Nc1nc(-c2ccccn2)cs1. The predicted octanol–water partition coefficient (Wildman–Crippen LogP) is 4.02. The lowest BCUT2D eigenvalue weighted by Crippen LogP contribution is -2.07. The van der Waals surface area contributed by atoms with Crippen LogP contribution >= 0.6 is 11.3 Å². The molecule has 3 aromatic rings. The van der Waals surface area contributed by atoms with E-state index in [4.69, 9.17) is 9.47 Å². The zero-order valence-electron chi connectivity index (χ0n) is 14.4. The fourth-order valence-corrected chi connectivity index (χ4v) is 3.27. The van der Waals surface area contributed by atoms with E-state index in [2.05, 4.69) is 15.3 Å². The van der Waals surface area contributed by atoms with Crippen molar-refractivity contribution in [1.29, 1.82) is 0 Å². The average molecular weight is 379 g/mol. The molecular weight excluding hydrogens is 362 g/mol. The van der Waals surface area contributed by atoms with Crippen LogP contribution < -0.4 is 14.8 Å². The van der Waals surface area contributed by atoms with Crippen LogP contribution in [0.1, 0.15) is 12.0 Å². The van der Waals surface area contributed by atoms with Crippen molar-refractivity contribution in [3.05, 3.63) is 59.6 Å². The Labute approximate surface area is 160 Å². The van der Waals surface area contributed by atoms with Crippen LogP contribution in [0.4, 0.5) is 5.13 Å². The third-order valence-electron chi connectivity index (χ3n) is 3.86. The number of carbonyl (C=O) groups is 1. The molecule has 1 amide bonds. The maximum atomic E-state index is 12.2. The van der Waals surface area contributed by atoms with Crippen LogP contribution in [0.5, 0.6) is 11.5 Å². The number of hydrogen-bond acceptors (Lipinski definition) is 6. The molecule has 2 aromatic heterocycles. The van der Waals surface area contributed by atoms with Gasteiger partial charge in [0.05, 0.1) is 18.9 Å². The summed E-state index contributed by atoms with van der Waals surface area (Å²) in [6.45, 7) is 1.28. The Bertz CT molecular complexity index is 970. The van der Waals surface area contributed by atoms with E-state index in [-0.39, 0.29) is 5.91 Å². The number of rotatable bonds is 4. The first-order valence-corrected chi connectivity index (χ1v) is 9.41.